The molecular weight excluding hydrogens is 250 g/mol. The molecule has 0 saturated carbocycles. The minimum atomic E-state index is 0.797. The van der Waals surface area contributed by atoms with Crippen LogP contribution in [0.3, 0.4) is 0 Å². The molecule has 0 aliphatic rings. The fraction of sp³-hybridized carbons (Fsp3) is 0.600. The van der Waals surface area contributed by atoms with Gasteiger partial charge in [0.05, 0.1) is 5.39 Å². The minimum Gasteiger partial charge on any atom is -0.369 e. The molecule has 0 atom stereocenters. The van der Waals surface area contributed by atoms with E-state index in [2.05, 4.69) is 45.1 Å². The van der Waals surface area contributed by atoms with Crippen LogP contribution in [-0.4, -0.2) is 46.0 Å². The first-order chi connectivity index (χ1) is 9.63. The third-order valence-corrected chi connectivity index (χ3v) is 3.57. The number of hydrogen-bond acceptors (Lipinski definition) is 4. The van der Waals surface area contributed by atoms with Crippen LogP contribution < -0.4 is 5.32 Å². The molecule has 0 aliphatic heterocycles. The van der Waals surface area contributed by atoms with Crippen molar-refractivity contribution >= 4 is 16.9 Å². The predicted octanol–water partition coefficient (Wildman–Crippen LogP) is 2.72. The SMILES string of the molecule is CCN(CC)CCCNc1nc(C)nc2[nH]c(C)cc12. The lowest BCUT2D eigenvalue weighted by atomic mass is 10.3. The Labute approximate surface area is 120 Å². The lowest BCUT2D eigenvalue weighted by Crippen LogP contribution is -2.25. The summed E-state index contributed by atoms with van der Waals surface area (Å²) in [6, 6.07) is 2.10. The average Bonchev–Trinajstić information content (AvgIpc) is 2.79. The number of aromatic amines is 1. The van der Waals surface area contributed by atoms with Crippen molar-refractivity contribution in [3.63, 3.8) is 0 Å². The fourth-order valence-electron chi connectivity index (χ4n) is 2.44. The summed E-state index contributed by atoms with van der Waals surface area (Å²) in [4.78, 5) is 14.6. The van der Waals surface area contributed by atoms with Crippen LogP contribution in [0.25, 0.3) is 11.0 Å². The number of aromatic nitrogens is 3. The van der Waals surface area contributed by atoms with E-state index < -0.39 is 0 Å². The van der Waals surface area contributed by atoms with Gasteiger partial charge in [-0.1, -0.05) is 13.8 Å². The van der Waals surface area contributed by atoms with Crippen LogP contribution >= 0.6 is 0 Å². The minimum absolute atomic E-state index is 0.797. The summed E-state index contributed by atoms with van der Waals surface area (Å²) in [6.07, 6.45) is 1.12. The first-order valence-electron chi connectivity index (χ1n) is 7.44. The number of hydrogen-bond donors (Lipinski definition) is 2. The van der Waals surface area contributed by atoms with E-state index in [-0.39, 0.29) is 0 Å². The van der Waals surface area contributed by atoms with E-state index in [0.29, 0.717) is 0 Å². The number of aryl methyl sites for hydroxylation is 2. The van der Waals surface area contributed by atoms with Crippen LogP contribution in [0.15, 0.2) is 6.07 Å². The van der Waals surface area contributed by atoms with E-state index in [1.54, 1.807) is 0 Å². The van der Waals surface area contributed by atoms with Crippen LogP contribution in [0.1, 0.15) is 31.8 Å². The molecule has 2 aromatic heterocycles. The zero-order valence-electron chi connectivity index (χ0n) is 13.0. The first kappa shape index (κ1) is 14.8. The Kier molecular flexibility index (Phi) is 4.95. The molecule has 0 spiro atoms. The van der Waals surface area contributed by atoms with Crippen LogP contribution in [0.5, 0.6) is 0 Å². The van der Waals surface area contributed by atoms with Crippen LogP contribution in [-0.2, 0) is 0 Å². The molecule has 5 nitrogen and oxygen atoms in total. The second-order valence-corrected chi connectivity index (χ2v) is 5.14. The Morgan fingerprint density at radius 3 is 2.65 bits per heavy atom. The van der Waals surface area contributed by atoms with E-state index in [0.717, 1.165) is 61.0 Å². The van der Waals surface area contributed by atoms with Gasteiger partial charge in [0, 0.05) is 12.2 Å². The average molecular weight is 275 g/mol. The number of nitrogens with zero attached hydrogens (tertiary/aromatic N) is 3. The van der Waals surface area contributed by atoms with Crippen molar-refractivity contribution in [3.8, 4) is 0 Å². The Bertz CT molecular complexity index is 557. The van der Waals surface area contributed by atoms with Crippen molar-refractivity contribution in [2.45, 2.75) is 34.1 Å². The van der Waals surface area contributed by atoms with Gasteiger partial charge in [0.2, 0.25) is 0 Å². The number of rotatable bonds is 7. The number of H-pyrrole nitrogens is 1. The first-order valence-corrected chi connectivity index (χ1v) is 7.44. The molecule has 2 aromatic rings. The van der Waals surface area contributed by atoms with E-state index in [4.69, 9.17) is 0 Å². The van der Waals surface area contributed by atoms with E-state index in [1.165, 1.54) is 0 Å². The predicted molar refractivity (Wildman–Crippen MR) is 84.3 cm³/mol. The molecule has 2 heterocycles. The van der Waals surface area contributed by atoms with Crippen LogP contribution in [0.2, 0.25) is 0 Å². The van der Waals surface area contributed by atoms with Gasteiger partial charge in [0.1, 0.15) is 17.3 Å². The number of nitrogens with one attached hydrogen (secondary N) is 2. The smallest absolute Gasteiger partial charge is 0.143 e. The summed E-state index contributed by atoms with van der Waals surface area (Å²) < 4.78 is 0. The van der Waals surface area contributed by atoms with Gasteiger partial charge >= 0.3 is 0 Å². The molecule has 20 heavy (non-hydrogen) atoms. The standard InChI is InChI=1S/C15H25N5/c1-5-20(6-2)9-7-8-16-14-13-10-11(3)17-15(13)19-12(4)18-14/h10H,5-9H2,1-4H3,(H2,16,17,18,19). The van der Waals surface area contributed by atoms with Crippen molar-refractivity contribution < 1.29 is 0 Å². The summed E-state index contributed by atoms with van der Waals surface area (Å²) in [5.74, 6) is 1.74. The maximum atomic E-state index is 4.52. The Morgan fingerprint density at radius 1 is 1.20 bits per heavy atom. The summed E-state index contributed by atoms with van der Waals surface area (Å²) in [6.45, 7) is 12.7. The van der Waals surface area contributed by atoms with E-state index in [9.17, 15) is 0 Å². The van der Waals surface area contributed by atoms with Crippen molar-refractivity contribution in [3.05, 3.63) is 17.6 Å². The van der Waals surface area contributed by atoms with Gasteiger partial charge in [0.15, 0.2) is 0 Å². The highest BCUT2D eigenvalue weighted by atomic mass is 15.1. The van der Waals surface area contributed by atoms with Gasteiger partial charge in [-0.2, -0.15) is 0 Å². The zero-order valence-corrected chi connectivity index (χ0v) is 13.0. The van der Waals surface area contributed by atoms with Gasteiger partial charge in [-0.3, -0.25) is 0 Å². The quantitative estimate of drug-likeness (QED) is 0.763. The largest absolute Gasteiger partial charge is 0.369 e. The summed E-state index contributed by atoms with van der Waals surface area (Å²) in [5.41, 5.74) is 2.03. The normalized spacial score (nSPS) is 11.4. The molecule has 0 radical (unpaired) electrons. The van der Waals surface area contributed by atoms with Crippen molar-refractivity contribution in [2.24, 2.45) is 0 Å². The Balaban J connectivity index is 1.99. The topological polar surface area (TPSA) is 56.8 Å². The summed E-state index contributed by atoms with van der Waals surface area (Å²) >= 11 is 0. The third-order valence-electron chi connectivity index (χ3n) is 3.57. The molecule has 0 aromatic carbocycles. The highest BCUT2D eigenvalue weighted by molar-refractivity contribution is 5.87. The monoisotopic (exact) mass is 275 g/mol. The number of anilines is 1. The van der Waals surface area contributed by atoms with Crippen molar-refractivity contribution in [1.29, 1.82) is 0 Å². The Hall–Kier alpha value is -1.62. The maximum Gasteiger partial charge on any atom is 0.143 e. The van der Waals surface area contributed by atoms with Gasteiger partial charge in [-0.05, 0) is 46.0 Å². The van der Waals surface area contributed by atoms with E-state index in [1.807, 2.05) is 13.8 Å². The molecule has 2 rings (SSSR count). The molecule has 5 heteroatoms. The molecule has 2 N–H and O–H groups in total. The zero-order chi connectivity index (χ0) is 14.5. The highest BCUT2D eigenvalue weighted by Crippen LogP contribution is 2.20. The van der Waals surface area contributed by atoms with Crippen molar-refractivity contribution in [1.82, 2.24) is 19.9 Å². The molecule has 0 saturated heterocycles. The van der Waals surface area contributed by atoms with Crippen LogP contribution in [0.4, 0.5) is 5.82 Å². The fourth-order valence-corrected chi connectivity index (χ4v) is 2.44. The highest BCUT2D eigenvalue weighted by Gasteiger charge is 2.08. The molecule has 110 valence electrons. The molecular formula is C15H25N5. The molecule has 0 bridgehead atoms. The van der Waals surface area contributed by atoms with Gasteiger partial charge in [-0.15, -0.1) is 0 Å². The molecule has 0 aliphatic carbocycles. The molecule has 0 amide bonds. The second kappa shape index (κ2) is 6.70. The summed E-state index contributed by atoms with van der Waals surface area (Å²) in [5, 5.41) is 4.53. The second-order valence-electron chi connectivity index (χ2n) is 5.14. The van der Waals surface area contributed by atoms with Gasteiger partial charge in [-0.25, -0.2) is 9.97 Å². The molecule has 0 fully saturated rings. The van der Waals surface area contributed by atoms with Gasteiger partial charge < -0.3 is 15.2 Å². The third kappa shape index (κ3) is 3.48. The maximum absolute atomic E-state index is 4.52. The lowest BCUT2D eigenvalue weighted by molar-refractivity contribution is 0.303. The van der Waals surface area contributed by atoms with E-state index >= 15 is 0 Å². The van der Waals surface area contributed by atoms with Gasteiger partial charge in [0.25, 0.3) is 0 Å². The lowest BCUT2D eigenvalue weighted by Gasteiger charge is -2.17. The summed E-state index contributed by atoms with van der Waals surface area (Å²) in [7, 11) is 0. The van der Waals surface area contributed by atoms with Crippen molar-refractivity contribution in [2.75, 3.05) is 31.5 Å². The Morgan fingerprint density at radius 2 is 1.95 bits per heavy atom. The molecule has 0 unspecified atom stereocenters. The number of fused-ring (bicyclic) bond motifs is 1. The van der Waals surface area contributed by atoms with Crippen LogP contribution in [0, 0.1) is 13.8 Å².